The maximum atomic E-state index is 11.9. The summed E-state index contributed by atoms with van der Waals surface area (Å²) in [5, 5.41) is 8.89. The molecule has 0 atom stereocenters. The van der Waals surface area contributed by atoms with Crippen LogP contribution in [0.3, 0.4) is 0 Å². The van der Waals surface area contributed by atoms with Crippen LogP contribution in [-0.4, -0.2) is 40.0 Å². The Hall–Kier alpha value is -2.17. The number of aromatic nitrogens is 1. The van der Waals surface area contributed by atoms with Crippen molar-refractivity contribution in [1.82, 2.24) is 9.88 Å². The zero-order chi connectivity index (χ0) is 13.7. The molecule has 19 heavy (non-hydrogen) atoms. The largest absolute Gasteiger partial charge is 0.481 e. The Labute approximate surface area is 111 Å². The van der Waals surface area contributed by atoms with Crippen LogP contribution in [0.1, 0.15) is 18.4 Å². The van der Waals surface area contributed by atoms with E-state index in [1.807, 2.05) is 12.1 Å². The number of pyridine rings is 1. The summed E-state index contributed by atoms with van der Waals surface area (Å²) in [5.41, 5.74) is 0.872. The molecule has 1 aliphatic heterocycles. The molecule has 2 rings (SSSR count). The topological polar surface area (TPSA) is 70.5 Å². The number of hydrogen-bond donors (Lipinski definition) is 1. The van der Waals surface area contributed by atoms with E-state index in [0.29, 0.717) is 25.9 Å². The molecule has 5 heteroatoms. The standard InChI is InChI=1S/C14H16N2O3/c17-13(4-3-11-2-1-7-15-10-11)16-8-5-12(6-9-16)14(18)19/h1-4,7,10,12H,5-6,8-9H2,(H,18,19). The summed E-state index contributed by atoms with van der Waals surface area (Å²) >= 11 is 0. The number of carboxylic acids is 1. The Morgan fingerprint density at radius 1 is 1.37 bits per heavy atom. The van der Waals surface area contributed by atoms with Crippen LogP contribution in [-0.2, 0) is 9.59 Å². The Balaban J connectivity index is 1.88. The number of amides is 1. The van der Waals surface area contributed by atoms with Crippen molar-refractivity contribution in [3.05, 3.63) is 36.2 Å². The molecular formula is C14H16N2O3. The average Bonchev–Trinajstić information content (AvgIpc) is 2.46. The lowest BCUT2D eigenvalue weighted by molar-refractivity contribution is -0.144. The zero-order valence-corrected chi connectivity index (χ0v) is 10.5. The van der Waals surface area contributed by atoms with Crippen LogP contribution in [0, 0.1) is 5.92 Å². The van der Waals surface area contributed by atoms with Gasteiger partial charge in [0.25, 0.3) is 0 Å². The van der Waals surface area contributed by atoms with E-state index in [0.717, 1.165) is 5.56 Å². The number of aliphatic carboxylic acids is 1. The SMILES string of the molecule is O=C(O)C1CCN(C(=O)C=Cc2cccnc2)CC1. The van der Waals surface area contributed by atoms with Gasteiger partial charge in [0.1, 0.15) is 0 Å². The Morgan fingerprint density at radius 3 is 2.68 bits per heavy atom. The van der Waals surface area contributed by atoms with Crippen LogP contribution in [0.15, 0.2) is 30.6 Å². The highest BCUT2D eigenvalue weighted by Gasteiger charge is 2.25. The number of nitrogens with zero attached hydrogens (tertiary/aromatic N) is 2. The molecule has 1 N–H and O–H groups in total. The predicted octanol–water partition coefficient (Wildman–Crippen LogP) is 1.42. The fourth-order valence-corrected chi connectivity index (χ4v) is 2.09. The molecule has 0 aliphatic carbocycles. The zero-order valence-electron chi connectivity index (χ0n) is 10.5. The summed E-state index contributed by atoms with van der Waals surface area (Å²) in [5.74, 6) is -1.16. The minimum absolute atomic E-state index is 0.0762. The molecule has 0 unspecified atom stereocenters. The Morgan fingerprint density at radius 2 is 2.11 bits per heavy atom. The molecule has 1 fully saturated rings. The van der Waals surface area contributed by atoms with Gasteiger partial charge in [-0.1, -0.05) is 6.07 Å². The molecule has 5 nitrogen and oxygen atoms in total. The third-order valence-electron chi connectivity index (χ3n) is 3.26. The van der Waals surface area contributed by atoms with Crippen molar-refractivity contribution in [3.8, 4) is 0 Å². The van der Waals surface area contributed by atoms with Gasteiger partial charge in [-0.05, 0) is 30.5 Å². The predicted molar refractivity (Wildman–Crippen MR) is 70.2 cm³/mol. The summed E-state index contributed by atoms with van der Waals surface area (Å²) in [6.07, 6.45) is 7.65. The van der Waals surface area contributed by atoms with Crippen LogP contribution in [0.5, 0.6) is 0 Å². The van der Waals surface area contributed by atoms with Gasteiger partial charge < -0.3 is 10.0 Å². The van der Waals surface area contributed by atoms with E-state index >= 15 is 0 Å². The highest BCUT2D eigenvalue weighted by molar-refractivity contribution is 5.91. The van der Waals surface area contributed by atoms with Crippen molar-refractivity contribution in [2.45, 2.75) is 12.8 Å². The quantitative estimate of drug-likeness (QED) is 0.834. The number of carbonyl (C=O) groups excluding carboxylic acids is 1. The minimum Gasteiger partial charge on any atom is -0.481 e. The lowest BCUT2D eigenvalue weighted by Gasteiger charge is -2.29. The second-order valence-electron chi connectivity index (χ2n) is 4.56. The summed E-state index contributed by atoms with van der Waals surface area (Å²) in [7, 11) is 0. The molecule has 1 amide bonds. The number of likely N-dealkylation sites (tertiary alicyclic amines) is 1. The van der Waals surface area contributed by atoms with Gasteiger partial charge in [0, 0.05) is 31.6 Å². The minimum atomic E-state index is -0.766. The van der Waals surface area contributed by atoms with Crippen LogP contribution < -0.4 is 0 Å². The average molecular weight is 260 g/mol. The van der Waals surface area contributed by atoms with Crippen molar-refractivity contribution in [2.24, 2.45) is 5.92 Å². The maximum Gasteiger partial charge on any atom is 0.306 e. The second kappa shape index (κ2) is 6.13. The normalized spacial score (nSPS) is 16.7. The summed E-state index contributed by atoms with van der Waals surface area (Å²) < 4.78 is 0. The van der Waals surface area contributed by atoms with Gasteiger partial charge >= 0.3 is 5.97 Å². The lowest BCUT2D eigenvalue weighted by Crippen LogP contribution is -2.39. The third-order valence-corrected chi connectivity index (χ3v) is 3.26. The first-order valence-electron chi connectivity index (χ1n) is 6.26. The van der Waals surface area contributed by atoms with E-state index in [-0.39, 0.29) is 11.8 Å². The highest BCUT2D eigenvalue weighted by Crippen LogP contribution is 2.17. The van der Waals surface area contributed by atoms with Gasteiger partial charge in [-0.25, -0.2) is 0 Å². The van der Waals surface area contributed by atoms with E-state index in [9.17, 15) is 9.59 Å². The number of hydrogen-bond acceptors (Lipinski definition) is 3. The third kappa shape index (κ3) is 3.64. The monoisotopic (exact) mass is 260 g/mol. The smallest absolute Gasteiger partial charge is 0.306 e. The van der Waals surface area contributed by atoms with E-state index < -0.39 is 5.97 Å². The number of piperidine rings is 1. The van der Waals surface area contributed by atoms with Gasteiger partial charge in [0.15, 0.2) is 0 Å². The highest BCUT2D eigenvalue weighted by atomic mass is 16.4. The van der Waals surface area contributed by atoms with Crippen molar-refractivity contribution in [1.29, 1.82) is 0 Å². The Kier molecular flexibility index (Phi) is 4.28. The van der Waals surface area contributed by atoms with E-state index in [4.69, 9.17) is 5.11 Å². The Bertz CT molecular complexity index is 477. The van der Waals surface area contributed by atoms with Crippen molar-refractivity contribution >= 4 is 18.0 Å². The van der Waals surface area contributed by atoms with Crippen LogP contribution in [0.4, 0.5) is 0 Å². The van der Waals surface area contributed by atoms with Crippen LogP contribution in [0.25, 0.3) is 6.08 Å². The summed E-state index contributed by atoms with van der Waals surface area (Å²) in [4.78, 5) is 28.4. The van der Waals surface area contributed by atoms with Crippen molar-refractivity contribution in [3.63, 3.8) is 0 Å². The summed E-state index contributed by atoms with van der Waals surface area (Å²) in [6, 6.07) is 3.68. The first-order chi connectivity index (χ1) is 9.16. The fourth-order valence-electron chi connectivity index (χ4n) is 2.09. The molecule has 0 bridgehead atoms. The molecule has 0 spiro atoms. The summed E-state index contributed by atoms with van der Waals surface area (Å²) in [6.45, 7) is 1.01. The molecular weight excluding hydrogens is 244 g/mol. The van der Waals surface area contributed by atoms with Gasteiger partial charge in [0.05, 0.1) is 5.92 Å². The van der Waals surface area contributed by atoms with Gasteiger partial charge in [0.2, 0.25) is 5.91 Å². The van der Waals surface area contributed by atoms with E-state index in [1.54, 1.807) is 23.4 Å². The van der Waals surface area contributed by atoms with Gasteiger partial charge in [-0.2, -0.15) is 0 Å². The van der Waals surface area contributed by atoms with Crippen molar-refractivity contribution < 1.29 is 14.7 Å². The molecule has 1 aromatic rings. The lowest BCUT2D eigenvalue weighted by atomic mass is 9.97. The number of rotatable bonds is 3. The molecule has 0 aromatic carbocycles. The number of carbonyl (C=O) groups is 2. The first-order valence-corrected chi connectivity index (χ1v) is 6.26. The molecule has 1 aromatic heterocycles. The number of carboxylic acid groups (broad SMARTS) is 1. The van der Waals surface area contributed by atoms with Gasteiger partial charge in [-0.15, -0.1) is 0 Å². The van der Waals surface area contributed by atoms with Crippen LogP contribution in [0.2, 0.25) is 0 Å². The van der Waals surface area contributed by atoms with Gasteiger partial charge in [-0.3, -0.25) is 14.6 Å². The molecule has 0 saturated carbocycles. The molecule has 1 aliphatic rings. The fraction of sp³-hybridized carbons (Fsp3) is 0.357. The maximum absolute atomic E-state index is 11.9. The molecule has 100 valence electrons. The van der Waals surface area contributed by atoms with E-state index in [1.165, 1.54) is 6.08 Å². The second-order valence-corrected chi connectivity index (χ2v) is 4.56. The molecule has 0 radical (unpaired) electrons. The molecule has 1 saturated heterocycles. The van der Waals surface area contributed by atoms with E-state index in [2.05, 4.69) is 4.98 Å². The first kappa shape index (κ1) is 13.3. The van der Waals surface area contributed by atoms with Crippen LogP contribution >= 0.6 is 0 Å². The van der Waals surface area contributed by atoms with Crippen molar-refractivity contribution in [2.75, 3.05) is 13.1 Å². The molecule has 2 heterocycles.